The van der Waals surface area contributed by atoms with E-state index >= 15 is 0 Å². The van der Waals surface area contributed by atoms with Gasteiger partial charge >= 0.3 is 0 Å². The number of carbonyl (C=O) groups excluding carboxylic acids is 1. The lowest BCUT2D eigenvalue weighted by atomic mass is 9.80. The van der Waals surface area contributed by atoms with Crippen molar-refractivity contribution in [2.75, 3.05) is 0 Å². The molecule has 0 fully saturated rings. The number of halogens is 1. The van der Waals surface area contributed by atoms with E-state index in [1.54, 1.807) is 18.3 Å². The highest BCUT2D eigenvalue weighted by Gasteiger charge is 2.30. The van der Waals surface area contributed by atoms with Gasteiger partial charge in [-0.3, -0.25) is 4.79 Å². The Labute approximate surface area is 168 Å². The van der Waals surface area contributed by atoms with Gasteiger partial charge in [0.25, 0.3) is 0 Å². The van der Waals surface area contributed by atoms with E-state index in [0.29, 0.717) is 17.6 Å². The molecule has 0 radical (unpaired) electrons. The summed E-state index contributed by atoms with van der Waals surface area (Å²) in [5.41, 5.74) is 7.20. The van der Waals surface area contributed by atoms with E-state index in [1.165, 1.54) is 23.3 Å². The summed E-state index contributed by atoms with van der Waals surface area (Å²) in [5.74, 6) is -0.0501. The van der Waals surface area contributed by atoms with Crippen molar-refractivity contribution in [3.63, 3.8) is 0 Å². The lowest BCUT2D eigenvalue weighted by Crippen LogP contribution is -2.23. The summed E-state index contributed by atoms with van der Waals surface area (Å²) in [4.78, 5) is 17.5. The Kier molecular flexibility index (Phi) is 4.05. The Morgan fingerprint density at radius 2 is 1.79 bits per heavy atom. The van der Waals surface area contributed by atoms with Crippen molar-refractivity contribution < 1.29 is 9.18 Å². The highest BCUT2D eigenvalue weighted by Crippen LogP contribution is 2.36. The lowest BCUT2D eigenvalue weighted by Gasteiger charge is -2.25. The second kappa shape index (κ2) is 6.62. The first-order valence-corrected chi connectivity index (χ1v) is 9.75. The van der Waals surface area contributed by atoms with Gasteiger partial charge < -0.3 is 0 Å². The summed E-state index contributed by atoms with van der Waals surface area (Å²) in [6.45, 7) is 4.01. The molecule has 29 heavy (non-hydrogen) atoms. The predicted molar refractivity (Wildman–Crippen MR) is 110 cm³/mol. The van der Waals surface area contributed by atoms with Crippen LogP contribution >= 0.6 is 0 Å². The molecule has 0 bridgehead atoms. The smallest absolute Gasteiger partial charge is 0.166 e. The summed E-state index contributed by atoms with van der Waals surface area (Å²) in [6.07, 6.45) is 2.89. The number of hydrogen-bond acceptors (Lipinski definition) is 3. The van der Waals surface area contributed by atoms with Gasteiger partial charge in [-0.25, -0.2) is 13.9 Å². The van der Waals surface area contributed by atoms with Crippen LogP contribution in [-0.4, -0.2) is 20.4 Å². The van der Waals surface area contributed by atoms with Crippen molar-refractivity contribution in [2.24, 2.45) is 0 Å². The fourth-order valence-corrected chi connectivity index (χ4v) is 4.42. The number of carbonyl (C=O) groups is 1. The molecule has 0 spiro atoms. The molecule has 0 saturated heterocycles. The van der Waals surface area contributed by atoms with E-state index in [0.717, 1.165) is 28.9 Å². The van der Waals surface area contributed by atoms with Gasteiger partial charge in [-0.1, -0.05) is 36.4 Å². The Balaban J connectivity index is 1.67. The molecule has 0 unspecified atom stereocenters. The lowest BCUT2D eigenvalue weighted by molar-refractivity contribution is 0.0962. The second-order valence-corrected chi connectivity index (χ2v) is 7.71. The number of fused-ring (bicyclic) bond motifs is 3. The van der Waals surface area contributed by atoms with Crippen LogP contribution in [0.2, 0.25) is 0 Å². The van der Waals surface area contributed by atoms with Gasteiger partial charge in [0, 0.05) is 18.2 Å². The Bertz CT molecular complexity index is 1260. The van der Waals surface area contributed by atoms with Crippen LogP contribution in [0.3, 0.4) is 0 Å². The Morgan fingerprint density at radius 3 is 2.55 bits per heavy atom. The number of nitrogens with zero attached hydrogens (tertiary/aromatic N) is 3. The molecule has 5 rings (SSSR count). The van der Waals surface area contributed by atoms with Crippen molar-refractivity contribution in [3.05, 3.63) is 88.6 Å². The van der Waals surface area contributed by atoms with Gasteiger partial charge in [-0.2, -0.15) is 5.10 Å². The zero-order valence-electron chi connectivity index (χ0n) is 16.3. The van der Waals surface area contributed by atoms with Gasteiger partial charge in [-0.15, -0.1) is 0 Å². The fourth-order valence-electron chi connectivity index (χ4n) is 4.42. The van der Waals surface area contributed by atoms with E-state index in [1.807, 2.05) is 23.6 Å². The average molecular weight is 385 g/mol. The van der Waals surface area contributed by atoms with Gasteiger partial charge in [0.1, 0.15) is 5.82 Å². The summed E-state index contributed by atoms with van der Waals surface area (Å²) >= 11 is 0. The zero-order valence-corrected chi connectivity index (χ0v) is 16.3. The Morgan fingerprint density at radius 1 is 1.03 bits per heavy atom. The maximum Gasteiger partial charge on any atom is 0.166 e. The molecule has 0 aliphatic heterocycles. The topological polar surface area (TPSA) is 47.3 Å². The van der Waals surface area contributed by atoms with E-state index in [-0.39, 0.29) is 17.5 Å². The summed E-state index contributed by atoms with van der Waals surface area (Å²) in [6, 6.07) is 14.6. The van der Waals surface area contributed by atoms with Crippen molar-refractivity contribution in [1.29, 1.82) is 0 Å². The first-order valence-electron chi connectivity index (χ1n) is 9.75. The van der Waals surface area contributed by atoms with E-state index < -0.39 is 0 Å². The minimum atomic E-state index is -0.278. The fraction of sp³-hybridized carbons (Fsp3) is 0.208. The summed E-state index contributed by atoms with van der Waals surface area (Å²) in [5, 5.41) is 4.72. The molecule has 144 valence electrons. The highest BCUT2D eigenvalue weighted by atomic mass is 19.1. The van der Waals surface area contributed by atoms with E-state index in [4.69, 9.17) is 5.10 Å². The van der Waals surface area contributed by atoms with Crippen molar-refractivity contribution >= 4 is 11.4 Å². The van der Waals surface area contributed by atoms with Crippen molar-refractivity contribution in [2.45, 2.75) is 32.6 Å². The molecule has 1 aliphatic rings. The van der Waals surface area contributed by atoms with Crippen LogP contribution in [0.4, 0.5) is 4.39 Å². The van der Waals surface area contributed by atoms with Crippen molar-refractivity contribution in [3.8, 4) is 11.1 Å². The van der Waals surface area contributed by atoms with E-state index in [9.17, 15) is 9.18 Å². The second-order valence-electron chi connectivity index (χ2n) is 7.71. The number of rotatable bonds is 2. The summed E-state index contributed by atoms with van der Waals surface area (Å²) in [7, 11) is 0. The van der Waals surface area contributed by atoms with Gasteiger partial charge in [0.15, 0.2) is 11.4 Å². The normalized spacial score (nSPS) is 16.2. The summed E-state index contributed by atoms with van der Waals surface area (Å²) < 4.78 is 15.2. The number of benzene rings is 2. The molecule has 1 aliphatic carbocycles. The number of ketones is 1. The average Bonchev–Trinajstić information content (AvgIpc) is 3.05. The molecule has 4 aromatic rings. The molecule has 2 aromatic carbocycles. The number of hydrogen-bond donors (Lipinski definition) is 0. The first kappa shape index (κ1) is 17.7. The molecule has 5 heteroatoms. The first-order chi connectivity index (χ1) is 14.0. The van der Waals surface area contributed by atoms with Crippen LogP contribution in [0.25, 0.3) is 16.8 Å². The zero-order chi connectivity index (χ0) is 20.1. The number of Topliss-reactive ketones (excluding diaryl/α,β-unsaturated/α-hetero) is 1. The van der Waals surface area contributed by atoms with Crippen LogP contribution < -0.4 is 0 Å². The van der Waals surface area contributed by atoms with Crippen LogP contribution in [0, 0.1) is 19.7 Å². The van der Waals surface area contributed by atoms with Crippen LogP contribution in [0.5, 0.6) is 0 Å². The van der Waals surface area contributed by atoms with Crippen LogP contribution in [-0.2, 0) is 6.42 Å². The molecule has 0 saturated carbocycles. The largest absolute Gasteiger partial charge is 0.294 e. The van der Waals surface area contributed by atoms with Crippen molar-refractivity contribution in [1.82, 2.24) is 14.6 Å². The van der Waals surface area contributed by atoms with Gasteiger partial charge in [-0.05, 0) is 55.0 Å². The third-order valence-electron chi connectivity index (χ3n) is 5.85. The molecule has 1 atom stereocenters. The molecule has 4 nitrogen and oxygen atoms in total. The maximum atomic E-state index is 13.4. The third kappa shape index (κ3) is 2.85. The Hall–Kier alpha value is -3.34. The van der Waals surface area contributed by atoms with Crippen LogP contribution in [0.15, 0.2) is 54.7 Å². The molecular weight excluding hydrogens is 365 g/mol. The molecular formula is C24H20FN3O. The highest BCUT2D eigenvalue weighted by molar-refractivity contribution is 5.99. The minimum absolute atomic E-state index is 0.102. The molecule has 0 amide bonds. The van der Waals surface area contributed by atoms with E-state index in [2.05, 4.69) is 24.0 Å². The molecule has 2 heterocycles. The SMILES string of the molecule is Cc1ccccc1[C@H]1CC(=O)c2cnc3c(-c4ccc(F)cc4)c(C)nn3c2C1. The molecule has 2 aromatic heterocycles. The van der Waals surface area contributed by atoms with Gasteiger partial charge in [0.05, 0.1) is 17.0 Å². The standard InChI is InChI=1S/C24H20FN3O/c1-14-5-3-4-6-19(14)17-11-21-20(22(29)12-17)13-26-24-23(15(2)27-28(21)24)16-7-9-18(25)10-8-16/h3-10,13,17H,11-12H2,1-2H3/t17-/m1/s1. The van der Waals surface area contributed by atoms with Gasteiger partial charge in [0.2, 0.25) is 0 Å². The monoisotopic (exact) mass is 385 g/mol. The minimum Gasteiger partial charge on any atom is -0.294 e. The van der Waals surface area contributed by atoms with Crippen LogP contribution in [0.1, 0.15) is 45.2 Å². The number of aryl methyl sites for hydroxylation is 2. The molecule has 0 N–H and O–H groups in total. The third-order valence-corrected chi connectivity index (χ3v) is 5.85. The maximum absolute atomic E-state index is 13.4. The quantitative estimate of drug-likeness (QED) is 0.484. The number of aromatic nitrogens is 3. The predicted octanol–water partition coefficient (Wildman–Crippen LogP) is 5.06.